The Bertz CT molecular complexity index is 1070. The highest BCUT2D eigenvalue weighted by atomic mass is 19.4. The van der Waals surface area contributed by atoms with Crippen molar-refractivity contribution in [1.29, 1.82) is 0 Å². The molecule has 0 aliphatic carbocycles. The fraction of sp³-hybridized carbons (Fsp3) is 0.167. The van der Waals surface area contributed by atoms with Crippen molar-refractivity contribution in [2.75, 3.05) is 5.32 Å². The highest BCUT2D eigenvalue weighted by Gasteiger charge is 2.31. The van der Waals surface area contributed by atoms with Crippen molar-refractivity contribution in [3.8, 4) is 0 Å². The van der Waals surface area contributed by atoms with Crippen molar-refractivity contribution in [2.24, 2.45) is 5.16 Å². The number of carboxylic acids is 1. The summed E-state index contributed by atoms with van der Waals surface area (Å²) >= 11 is 0. The first kappa shape index (κ1) is 22.9. The highest BCUT2D eigenvalue weighted by molar-refractivity contribution is 6.12. The number of hydrogen-bond donors (Lipinski definition) is 2. The summed E-state index contributed by atoms with van der Waals surface area (Å²) in [5, 5.41) is 15.4. The van der Waals surface area contributed by atoms with Gasteiger partial charge in [-0.15, -0.1) is 13.2 Å². The molecule has 0 aliphatic rings. The van der Waals surface area contributed by atoms with Gasteiger partial charge in [-0.25, -0.2) is 0 Å². The van der Waals surface area contributed by atoms with E-state index in [1.165, 1.54) is 0 Å². The Morgan fingerprint density at radius 3 is 2.25 bits per heavy atom. The maximum atomic E-state index is 12.6. The minimum Gasteiger partial charge on any atom is -0.481 e. The van der Waals surface area contributed by atoms with Crippen LogP contribution in [0.2, 0.25) is 0 Å². The Labute approximate surface area is 183 Å². The minimum atomic E-state index is -4.88. The third kappa shape index (κ3) is 7.16. The lowest BCUT2D eigenvalue weighted by Gasteiger charge is -2.11. The zero-order chi connectivity index (χ0) is 23.0. The van der Waals surface area contributed by atoms with E-state index in [4.69, 9.17) is 5.11 Å². The molecule has 0 unspecified atom stereocenters. The number of aryl methyl sites for hydroxylation is 1. The molecule has 0 saturated carbocycles. The predicted molar refractivity (Wildman–Crippen MR) is 115 cm³/mol. The van der Waals surface area contributed by atoms with Crippen LogP contribution in [0.15, 0.2) is 84.0 Å². The molecule has 0 fully saturated rings. The van der Waals surface area contributed by atoms with Gasteiger partial charge in [0.2, 0.25) is 0 Å². The van der Waals surface area contributed by atoms with Gasteiger partial charge in [-0.2, -0.15) is 0 Å². The molecule has 3 aromatic rings. The van der Waals surface area contributed by atoms with E-state index in [1.807, 2.05) is 30.3 Å². The van der Waals surface area contributed by atoms with E-state index in [0.29, 0.717) is 24.1 Å². The minimum absolute atomic E-state index is 0.0723. The van der Waals surface area contributed by atoms with Crippen molar-refractivity contribution in [1.82, 2.24) is 0 Å². The summed E-state index contributed by atoms with van der Waals surface area (Å²) in [6.07, 6.45) is -4.35. The van der Waals surface area contributed by atoms with Crippen LogP contribution in [-0.4, -0.2) is 23.1 Å². The molecule has 3 rings (SSSR count). The van der Waals surface area contributed by atoms with Crippen molar-refractivity contribution >= 4 is 17.4 Å². The summed E-state index contributed by atoms with van der Waals surface area (Å²) in [4.78, 5) is 14.4. The maximum Gasteiger partial charge on any atom is 0.593 e. The molecular formula is C24H21F3N2O3. The molecular weight excluding hydrogens is 421 g/mol. The number of halogens is 3. The molecule has 0 bridgehead atoms. The maximum absolute atomic E-state index is 12.6. The summed E-state index contributed by atoms with van der Waals surface area (Å²) in [6.45, 7) is 0.435. The van der Waals surface area contributed by atoms with Crippen LogP contribution < -0.4 is 5.32 Å². The average molecular weight is 442 g/mol. The van der Waals surface area contributed by atoms with Crippen molar-refractivity contribution in [3.05, 3.63) is 101 Å². The van der Waals surface area contributed by atoms with Crippen LogP contribution in [-0.2, 0) is 22.6 Å². The molecule has 3 aromatic carbocycles. The molecule has 8 heteroatoms. The van der Waals surface area contributed by atoms with Crippen molar-refractivity contribution < 1.29 is 27.9 Å². The van der Waals surface area contributed by atoms with Crippen molar-refractivity contribution in [3.63, 3.8) is 0 Å². The normalized spacial score (nSPS) is 11.8. The summed E-state index contributed by atoms with van der Waals surface area (Å²) in [5.41, 5.74) is 3.67. The van der Waals surface area contributed by atoms with E-state index < -0.39 is 12.3 Å². The molecule has 0 amide bonds. The van der Waals surface area contributed by atoms with Crippen LogP contribution in [0, 0.1) is 0 Å². The van der Waals surface area contributed by atoms with Gasteiger partial charge >= 0.3 is 12.3 Å². The van der Waals surface area contributed by atoms with E-state index in [-0.39, 0.29) is 12.1 Å². The van der Waals surface area contributed by atoms with Crippen LogP contribution in [0.4, 0.5) is 18.9 Å². The Kier molecular flexibility index (Phi) is 7.49. The number of anilines is 1. The lowest BCUT2D eigenvalue weighted by atomic mass is 10.0. The number of aliphatic carboxylic acids is 1. The van der Waals surface area contributed by atoms with Gasteiger partial charge in [-0.05, 0) is 35.7 Å². The van der Waals surface area contributed by atoms with Crippen LogP contribution in [0.5, 0.6) is 0 Å². The molecule has 5 nitrogen and oxygen atoms in total. The van der Waals surface area contributed by atoms with Crippen LogP contribution in [0.3, 0.4) is 0 Å². The molecule has 0 radical (unpaired) electrons. The second-order valence-corrected chi connectivity index (χ2v) is 6.99. The van der Waals surface area contributed by atoms with Gasteiger partial charge in [0.1, 0.15) is 5.71 Å². The number of rotatable bonds is 9. The number of nitrogens with one attached hydrogen (secondary N) is 1. The SMILES string of the molecule is O=C(O)CCc1ccc(NCc2cccc(C(=NOC(F)(F)F)c3ccccc3)c2)cc1. The van der Waals surface area contributed by atoms with Gasteiger partial charge in [-0.1, -0.05) is 65.8 Å². The van der Waals surface area contributed by atoms with Crippen LogP contribution in [0.1, 0.15) is 28.7 Å². The monoisotopic (exact) mass is 442 g/mol. The first-order valence-corrected chi connectivity index (χ1v) is 9.82. The third-order valence-corrected chi connectivity index (χ3v) is 4.57. The molecule has 0 heterocycles. The number of alkyl halides is 3. The number of carbonyl (C=O) groups is 1. The summed E-state index contributed by atoms with van der Waals surface area (Å²) in [5.74, 6) is -0.842. The number of benzene rings is 3. The van der Waals surface area contributed by atoms with E-state index in [9.17, 15) is 18.0 Å². The summed E-state index contributed by atoms with van der Waals surface area (Å²) in [6, 6.07) is 23.0. The first-order valence-electron chi connectivity index (χ1n) is 9.82. The smallest absolute Gasteiger partial charge is 0.481 e. The fourth-order valence-electron chi connectivity index (χ4n) is 3.04. The van der Waals surface area contributed by atoms with Gasteiger partial charge in [0.05, 0.1) is 0 Å². The van der Waals surface area contributed by atoms with Crippen molar-refractivity contribution in [2.45, 2.75) is 25.7 Å². The van der Waals surface area contributed by atoms with E-state index in [0.717, 1.165) is 16.8 Å². The number of nitrogens with zero attached hydrogens (tertiary/aromatic N) is 1. The lowest BCUT2D eigenvalue weighted by Crippen LogP contribution is -2.13. The van der Waals surface area contributed by atoms with Gasteiger partial charge in [0, 0.05) is 29.8 Å². The van der Waals surface area contributed by atoms with Crippen LogP contribution in [0.25, 0.3) is 0 Å². The Balaban J connectivity index is 1.73. The van der Waals surface area contributed by atoms with Gasteiger partial charge < -0.3 is 10.4 Å². The number of hydrogen-bond acceptors (Lipinski definition) is 4. The van der Waals surface area contributed by atoms with E-state index >= 15 is 0 Å². The molecule has 0 aromatic heterocycles. The molecule has 0 aliphatic heterocycles. The van der Waals surface area contributed by atoms with E-state index in [2.05, 4.69) is 15.3 Å². The second kappa shape index (κ2) is 10.5. The quantitative estimate of drug-likeness (QED) is 0.334. The van der Waals surface area contributed by atoms with Gasteiger partial charge in [-0.3, -0.25) is 9.63 Å². The Morgan fingerprint density at radius 2 is 1.59 bits per heavy atom. The largest absolute Gasteiger partial charge is 0.593 e. The third-order valence-electron chi connectivity index (χ3n) is 4.57. The highest BCUT2D eigenvalue weighted by Crippen LogP contribution is 2.20. The lowest BCUT2D eigenvalue weighted by molar-refractivity contribution is -0.325. The first-order chi connectivity index (χ1) is 15.3. The molecule has 2 N–H and O–H groups in total. The fourth-order valence-corrected chi connectivity index (χ4v) is 3.04. The zero-order valence-electron chi connectivity index (χ0n) is 17.0. The summed E-state index contributed by atoms with van der Waals surface area (Å²) < 4.78 is 37.7. The topological polar surface area (TPSA) is 70.9 Å². The number of oxime groups is 1. The molecule has 0 spiro atoms. The van der Waals surface area contributed by atoms with Gasteiger partial charge in [0.25, 0.3) is 0 Å². The Hall–Kier alpha value is -3.81. The molecule has 0 atom stereocenters. The molecule has 0 saturated heterocycles. The van der Waals surface area contributed by atoms with E-state index in [1.54, 1.807) is 48.5 Å². The average Bonchev–Trinajstić information content (AvgIpc) is 2.77. The number of carboxylic acid groups (broad SMARTS) is 1. The van der Waals surface area contributed by atoms with Gasteiger partial charge in [0.15, 0.2) is 0 Å². The Morgan fingerprint density at radius 1 is 0.906 bits per heavy atom. The summed E-state index contributed by atoms with van der Waals surface area (Å²) in [7, 11) is 0. The van der Waals surface area contributed by atoms with Crippen LogP contribution >= 0.6 is 0 Å². The standard InChI is InChI=1S/C24H21F3N2O3/c25-24(26,27)32-29-23(19-6-2-1-3-7-19)20-8-4-5-18(15-20)16-28-21-12-9-17(10-13-21)11-14-22(30)31/h1-10,12-13,15,28H,11,14,16H2,(H,30,31). The zero-order valence-corrected chi connectivity index (χ0v) is 17.0. The second-order valence-electron chi connectivity index (χ2n) is 6.99. The molecule has 166 valence electrons. The predicted octanol–water partition coefficient (Wildman–Crippen LogP) is 5.60. The molecule has 32 heavy (non-hydrogen) atoms.